The van der Waals surface area contributed by atoms with Crippen LogP contribution < -0.4 is 11.1 Å². The Hall–Kier alpha value is -2.51. The number of rotatable bonds is 3. The number of benzene rings is 2. The molecule has 2 aromatic carbocycles. The van der Waals surface area contributed by atoms with E-state index in [9.17, 15) is 9.18 Å². The van der Waals surface area contributed by atoms with Crippen LogP contribution in [-0.2, 0) is 0 Å². The molecule has 122 valence electrons. The van der Waals surface area contributed by atoms with Gasteiger partial charge in [0.1, 0.15) is 16.5 Å². The van der Waals surface area contributed by atoms with Gasteiger partial charge in [-0.1, -0.05) is 29.0 Å². The van der Waals surface area contributed by atoms with Crippen molar-refractivity contribution in [1.29, 1.82) is 0 Å². The number of aromatic nitrogens is 1. The molecule has 0 saturated heterocycles. The highest BCUT2D eigenvalue weighted by molar-refractivity contribution is 7.73. The number of nitrogens with two attached hydrogens (primary N) is 1. The van der Waals surface area contributed by atoms with Crippen molar-refractivity contribution in [1.82, 2.24) is 4.57 Å². The number of amides is 1. The topological polar surface area (TPSA) is 60.0 Å². The summed E-state index contributed by atoms with van der Waals surface area (Å²) in [4.78, 5) is 12.8. The number of aryl methyl sites for hydroxylation is 1. The van der Waals surface area contributed by atoms with Crippen LogP contribution in [0.2, 0.25) is 0 Å². The van der Waals surface area contributed by atoms with Crippen LogP contribution in [0.25, 0.3) is 5.69 Å². The van der Waals surface area contributed by atoms with Crippen LogP contribution in [0.15, 0.2) is 48.5 Å². The molecule has 0 spiro atoms. The molecular weight excluding hydrogens is 345 g/mol. The van der Waals surface area contributed by atoms with E-state index in [-0.39, 0.29) is 17.5 Å². The summed E-state index contributed by atoms with van der Waals surface area (Å²) >= 11 is 6.42. The van der Waals surface area contributed by atoms with E-state index in [1.807, 2.05) is 31.2 Å². The van der Waals surface area contributed by atoms with Crippen LogP contribution in [0, 0.1) is 16.7 Å². The van der Waals surface area contributed by atoms with E-state index in [0.29, 0.717) is 20.2 Å². The molecule has 0 saturated carbocycles. The maximum Gasteiger partial charge on any atom is 0.269 e. The van der Waals surface area contributed by atoms with E-state index < -0.39 is 0 Å². The van der Waals surface area contributed by atoms with Gasteiger partial charge in [0.25, 0.3) is 5.91 Å². The Labute approximate surface area is 147 Å². The SMILES string of the molecule is Cc1ccc(NC(=O)c2sc(=S)n(-c3ccc(F)cc3)c2N)cc1. The number of carbonyl (C=O) groups excluding carboxylic acids is 1. The molecule has 24 heavy (non-hydrogen) atoms. The molecule has 3 rings (SSSR count). The van der Waals surface area contributed by atoms with Gasteiger partial charge in [0.05, 0.1) is 0 Å². The van der Waals surface area contributed by atoms with Crippen LogP contribution in [-0.4, -0.2) is 10.5 Å². The number of nitrogens with one attached hydrogen (secondary N) is 1. The molecule has 0 aliphatic heterocycles. The third-order valence-corrected chi connectivity index (χ3v) is 4.83. The Kier molecular flexibility index (Phi) is 4.46. The second kappa shape index (κ2) is 6.54. The maximum atomic E-state index is 13.1. The molecule has 0 aliphatic carbocycles. The second-order valence-electron chi connectivity index (χ2n) is 5.21. The lowest BCUT2D eigenvalue weighted by Crippen LogP contribution is -2.13. The van der Waals surface area contributed by atoms with Crippen molar-refractivity contribution >= 4 is 41.0 Å². The summed E-state index contributed by atoms with van der Waals surface area (Å²) in [7, 11) is 0. The second-order valence-corrected chi connectivity index (χ2v) is 6.86. The zero-order valence-electron chi connectivity index (χ0n) is 12.7. The molecule has 0 unspecified atom stereocenters. The fraction of sp³-hybridized carbons (Fsp3) is 0.0588. The Morgan fingerprint density at radius 1 is 1.17 bits per heavy atom. The highest BCUT2D eigenvalue weighted by atomic mass is 32.1. The number of nitrogens with zero attached hydrogens (tertiary/aromatic N) is 1. The lowest BCUT2D eigenvalue weighted by atomic mass is 10.2. The minimum Gasteiger partial charge on any atom is -0.383 e. The van der Waals surface area contributed by atoms with Gasteiger partial charge in [-0.3, -0.25) is 9.36 Å². The highest BCUT2D eigenvalue weighted by Gasteiger charge is 2.18. The quantitative estimate of drug-likeness (QED) is 0.675. The maximum absolute atomic E-state index is 13.1. The third-order valence-electron chi connectivity index (χ3n) is 3.45. The predicted molar refractivity (Wildman–Crippen MR) is 98.0 cm³/mol. The van der Waals surface area contributed by atoms with Gasteiger partial charge in [-0.05, 0) is 55.5 Å². The normalized spacial score (nSPS) is 10.6. The summed E-state index contributed by atoms with van der Waals surface area (Å²) in [5.41, 5.74) is 8.50. The largest absolute Gasteiger partial charge is 0.383 e. The average molecular weight is 359 g/mol. The number of carbonyl (C=O) groups is 1. The molecule has 1 aromatic heterocycles. The molecule has 7 heteroatoms. The zero-order valence-corrected chi connectivity index (χ0v) is 14.4. The van der Waals surface area contributed by atoms with Crippen molar-refractivity contribution in [3.05, 3.63) is 68.7 Å². The van der Waals surface area contributed by atoms with Gasteiger partial charge in [-0.15, -0.1) is 0 Å². The van der Waals surface area contributed by atoms with Crippen LogP contribution >= 0.6 is 23.6 Å². The smallest absolute Gasteiger partial charge is 0.269 e. The third kappa shape index (κ3) is 3.22. The van der Waals surface area contributed by atoms with Crippen molar-refractivity contribution in [3.63, 3.8) is 0 Å². The molecule has 0 aliphatic rings. The first kappa shape index (κ1) is 16.4. The van der Waals surface area contributed by atoms with Crippen molar-refractivity contribution in [3.8, 4) is 5.69 Å². The van der Waals surface area contributed by atoms with Crippen molar-refractivity contribution in [2.45, 2.75) is 6.92 Å². The lowest BCUT2D eigenvalue weighted by Gasteiger charge is -2.07. The van der Waals surface area contributed by atoms with Crippen LogP contribution in [0.5, 0.6) is 0 Å². The first-order valence-corrected chi connectivity index (χ1v) is 8.33. The minimum atomic E-state index is -0.351. The predicted octanol–water partition coefficient (Wildman–Crippen LogP) is 4.55. The summed E-state index contributed by atoms with van der Waals surface area (Å²) in [5, 5.41) is 2.80. The van der Waals surface area contributed by atoms with E-state index >= 15 is 0 Å². The Morgan fingerprint density at radius 2 is 1.79 bits per heavy atom. The fourth-order valence-corrected chi connectivity index (χ4v) is 3.47. The molecule has 0 atom stereocenters. The number of halogens is 1. The first-order valence-electron chi connectivity index (χ1n) is 7.11. The Bertz CT molecular complexity index is 943. The summed E-state index contributed by atoms with van der Waals surface area (Å²) in [6.07, 6.45) is 0. The highest BCUT2D eigenvalue weighted by Crippen LogP contribution is 2.27. The number of hydrogen-bond donors (Lipinski definition) is 2. The number of hydrogen-bond acceptors (Lipinski definition) is 4. The number of thiazole rings is 1. The van der Waals surface area contributed by atoms with Gasteiger partial charge in [0.15, 0.2) is 3.95 Å². The van der Waals surface area contributed by atoms with Crippen molar-refractivity contribution in [2.75, 3.05) is 11.1 Å². The van der Waals surface area contributed by atoms with Crippen LogP contribution in [0.1, 0.15) is 15.2 Å². The molecule has 0 fully saturated rings. The standard InChI is InChI=1S/C17H14FN3OS2/c1-10-2-6-12(7-3-10)20-16(22)14-15(19)21(17(23)24-14)13-8-4-11(18)5-9-13/h2-9H,19H2,1H3,(H,20,22). The van der Waals surface area contributed by atoms with E-state index in [1.165, 1.54) is 12.1 Å². The van der Waals surface area contributed by atoms with Gasteiger partial charge in [0, 0.05) is 11.4 Å². The van der Waals surface area contributed by atoms with Crippen molar-refractivity contribution < 1.29 is 9.18 Å². The molecule has 0 bridgehead atoms. The lowest BCUT2D eigenvalue weighted by molar-refractivity contribution is 0.103. The van der Waals surface area contributed by atoms with Crippen LogP contribution in [0.3, 0.4) is 0 Å². The number of anilines is 2. The van der Waals surface area contributed by atoms with E-state index in [1.54, 1.807) is 16.7 Å². The molecule has 1 heterocycles. The van der Waals surface area contributed by atoms with Gasteiger partial charge < -0.3 is 11.1 Å². The fourth-order valence-electron chi connectivity index (χ4n) is 2.21. The van der Waals surface area contributed by atoms with Gasteiger partial charge in [-0.2, -0.15) is 0 Å². The average Bonchev–Trinajstić information content (AvgIpc) is 2.85. The van der Waals surface area contributed by atoms with Gasteiger partial charge >= 0.3 is 0 Å². The summed E-state index contributed by atoms with van der Waals surface area (Å²) < 4.78 is 15.1. The summed E-state index contributed by atoms with van der Waals surface area (Å²) in [6.45, 7) is 1.97. The molecule has 0 radical (unpaired) electrons. The van der Waals surface area contributed by atoms with E-state index in [0.717, 1.165) is 16.9 Å². The van der Waals surface area contributed by atoms with Crippen molar-refractivity contribution in [2.24, 2.45) is 0 Å². The minimum absolute atomic E-state index is 0.237. The van der Waals surface area contributed by atoms with Gasteiger partial charge in [0.2, 0.25) is 0 Å². The zero-order chi connectivity index (χ0) is 17.3. The van der Waals surface area contributed by atoms with Gasteiger partial charge in [-0.25, -0.2) is 4.39 Å². The molecule has 4 nitrogen and oxygen atoms in total. The summed E-state index contributed by atoms with van der Waals surface area (Å²) in [5.74, 6) is -0.439. The molecular formula is C17H14FN3OS2. The molecule has 3 N–H and O–H groups in total. The molecule has 3 aromatic rings. The Balaban J connectivity index is 1.93. The first-order chi connectivity index (χ1) is 11.5. The summed E-state index contributed by atoms with van der Waals surface area (Å²) in [6, 6.07) is 13.2. The van der Waals surface area contributed by atoms with Crippen LogP contribution in [0.4, 0.5) is 15.9 Å². The number of nitrogen functional groups attached to an aromatic ring is 1. The Morgan fingerprint density at radius 3 is 2.42 bits per heavy atom. The molecule has 1 amide bonds. The van der Waals surface area contributed by atoms with E-state index in [2.05, 4.69) is 5.32 Å². The van der Waals surface area contributed by atoms with E-state index in [4.69, 9.17) is 18.0 Å². The monoisotopic (exact) mass is 359 g/mol.